The molecule has 0 spiro atoms. The highest BCUT2D eigenvalue weighted by molar-refractivity contribution is 5.94. The lowest BCUT2D eigenvalue weighted by Crippen LogP contribution is -2.26. The monoisotopic (exact) mass is 250 g/mol. The van der Waals surface area contributed by atoms with Crippen molar-refractivity contribution in [2.24, 2.45) is 27.2 Å². The molecule has 6 N–H and O–H groups in total. The number of nitrogens with zero attached hydrogens (tertiary/aromatic N) is 3. The van der Waals surface area contributed by atoms with E-state index in [4.69, 9.17) is 17.2 Å². The third-order valence-electron chi connectivity index (χ3n) is 2.27. The molecule has 96 valence electrons. The Labute approximate surface area is 103 Å². The van der Waals surface area contributed by atoms with E-state index in [9.17, 15) is 10.1 Å². The van der Waals surface area contributed by atoms with Gasteiger partial charge in [0.15, 0.2) is 5.96 Å². The van der Waals surface area contributed by atoms with Crippen molar-refractivity contribution < 1.29 is 4.92 Å². The normalized spacial score (nSPS) is 11.1. The van der Waals surface area contributed by atoms with Crippen LogP contribution in [0.5, 0.6) is 0 Å². The first-order valence-electron chi connectivity index (χ1n) is 5.01. The van der Waals surface area contributed by atoms with Gasteiger partial charge in [-0.3, -0.25) is 10.1 Å². The van der Waals surface area contributed by atoms with Crippen LogP contribution >= 0.6 is 0 Å². The van der Waals surface area contributed by atoms with Crippen molar-refractivity contribution in [2.45, 2.75) is 13.8 Å². The van der Waals surface area contributed by atoms with Crippen molar-refractivity contribution in [3.8, 4) is 0 Å². The summed E-state index contributed by atoms with van der Waals surface area (Å²) < 4.78 is 0. The number of rotatable bonds is 2. The van der Waals surface area contributed by atoms with Crippen molar-refractivity contribution in [1.29, 1.82) is 0 Å². The Morgan fingerprint density at radius 1 is 1.28 bits per heavy atom. The highest BCUT2D eigenvalue weighted by Gasteiger charge is 2.15. The van der Waals surface area contributed by atoms with E-state index >= 15 is 0 Å². The summed E-state index contributed by atoms with van der Waals surface area (Å²) in [6.45, 7) is 3.35. The van der Waals surface area contributed by atoms with Crippen LogP contribution in [0.15, 0.2) is 22.1 Å². The van der Waals surface area contributed by atoms with Crippen LogP contribution in [-0.2, 0) is 0 Å². The van der Waals surface area contributed by atoms with Gasteiger partial charge < -0.3 is 17.2 Å². The van der Waals surface area contributed by atoms with Gasteiger partial charge in [0.2, 0.25) is 5.96 Å². The third-order valence-corrected chi connectivity index (χ3v) is 2.27. The number of guanidine groups is 2. The van der Waals surface area contributed by atoms with E-state index in [1.54, 1.807) is 19.9 Å². The Morgan fingerprint density at radius 2 is 1.89 bits per heavy atom. The minimum absolute atomic E-state index is 0.0307. The van der Waals surface area contributed by atoms with Gasteiger partial charge >= 0.3 is 0 Å². The second-order valence-electron chi connectivity index (χ2n) is 3.64. The molecular weight excluding hydrogens is 236 g/mol. The molecule has 0 aromatic heterocycles. The topological polar surface area (TPSA) is 146 Å². The molecule has 0 aliphatic carbocycles. The average molecular weight is 250 g/mol. The fraction of sp³-hybridized carbons (Fsp3) is 0.200. The molecule has 0 aliphatic rings. The number of hydrogen-bond acceptors (Lipinski definition) is 3. The predicted molar refractivity (Wildman–Crippen MR) is 69.7 cm³/mol. The molecule has 0 heterocycles. The van der Waals surface area contributed by atoms with Gasteiger partial charge in [-0.25, -0.2) is 4.99 Å². The van der Waals surface area contributed by atoms with Crippen molar-refractivity contribution in [3.05, 3.63) is 33.4 Å². The number of aliphatic imine (C=N–C) groups is 2. The number of nitro benzene ring substituents is 1. The summed E-state index contributed by atoms with van der Waals surface area (Å²) in [5, 5.41) is 10.8. The number of hydrogen-bond donors (Lipinski definition) is 3. The predicted octanol–water partition coefficient (Wildman–Crippen LogP) is 0.431. The summed E-state index contributed by atoms with van der Waals surface area (Å²) in [6, 6.07) is 3.01. The summed E-state index contributed by atoms with van der Waals surface area (Å²) in [4.78, 5) is 17.9. The van der Waals surface area contributed by atoms with Gasteiger partial charge in [0.25, 0.3) is 5.69 Å². The van der Waals surface area contributed by atoms with Gasteiger partial charge in [-0.2, -0.15) is 4.99 Å². The molecule has 18 heavy (non-hydrogen) atoms. The SMILES string of the molecule is Cc1ccc([N+](=O)[O-])c(C)c1N=C(N)N=C(N)N. The van der Waals surface area contributed by atoms with Crippen LogP contribution in [0.25, 0.3) is 0 Å². The summed E-state index contributed by atoms with van der Waals surface area (Å²) in [7, 11) is 0. The quantitative estimate of drug-likeness (QED) is 0.301. The Kier molecular flexibility index (Phi) is 3.82. The third kappa shape index (κ3) is 2.94. The highest BCUT2D eigenvalue weighted by atomic mass is 16.6. The molecule has 0 amide bonds. The lowest BCUT2D eigenvalue weighted by molar-refractivity contribution is -0.385. The molecule has 0 atom stereocenters. The second kappa shape index (κ2) is 5.13. The van der Waals surface area contributed by atoms with Gasteiger partial charge in [-0.05, 0) is 19.4 Å². The highest BCUT2D eigenvalue weighted by Crippen LogP contribution is 2.31. The van der Waals surface area contributed by atoms with Crippen LogP contribution in [0.1, 0.15) is 11.1 Å². The van der Waals surface area contributed by atoms with E-state index in [2.05, 4.69) is 9.98 Å². The van der Waals surface area contributed by atoms with Crippen molar-refractivity contribution in [3.63, 3.8) is 0 Å². The molecule has 0 fully saturated rings. The van der Waals surface area contributed by atoms with Gasteiger partial charge in [-0.15, -0.1) is 0 Å². The Balaban J connectivity index is 3.37. The minimum Gasteiger partial charge on any atom is -0.370 e. The first-order valence-corrected chi connectivity index (χ1v) is 5.01. The lowest BCUT2D eigenvalue weighted by atomic mass is 10.1. The summed E-state index contributed by atoms with van der Waals surface area (Å²) in [6.07, 6.45) is 0. The largest absolute Gasteiger partial charge is 0.370 e. The van der Waals surface area contributed by atoms with Gasteiger partial charge in [0, 0.05) is 6.07 Å². The molecule has 0 saturated heterocycles. The van der Waals surface area contributed by atoms with Crippen LogP contribution in [0.3, 0.4) is 0 Å². The van der Waals surface area contributed by atoms with Crippen LogP contribution in [0.4, 0.5) is 11.4 Å². The van der Waals surface area contributed by atoms with Gasteiger partial charge in [0.1, 0.15) is 0 Å². The molecule has 0 saturated carbocycles. The molecule has 8 heteroatoms. The van der Waals surface area contributed by atoms with Crippen molar-refractivity contribution >= 4 is 23.3 Å². The summed E-state index contributed by atoms with van der Waals surface area (Å²) in [5.74, 6) is -0.376. The smallest absolute Gasteiger partial charge is 0.274 e. The standard InChI is InChI=1S/C10H14N6O2/c1-5-3-4-7(16(17)18)6(2)8(5)14-10(13)15-9(11)12/h3-4H,1-2H3,(H6,11,12,13,14,15). The maximum absolute atomic E-state index is 10.8. The molecular formula is C10H14N6O2. The molecule has 0 aliphatic heterocycles. The number of nitrogens with two attached hydrogens (primary N) is 3. The molecule has 0 bridgehead atoms. The van der Waals surface area contributed by atoms with Crippen LogP contribution in [0, 0.1) is 24.0 Å². The van der Waals surface area contributed by atoms with Gasteiger partial charge in [0.05, 0.1) is 16.2 Å². The number of aryl methyl sites for hydroxylation is 1. The van der Waals surface area contributed by atoms with Crippen LogP contribution < -0.4 is 17.2 Å². The molecule has 0 radical (unpaired) electrons. The fourth-order valence-electron chi connectivity index (χ4n) is 1.47. The van der Waals surface area contributed by atoms with Crippen molar-refractivity contribution in [2.75, 3.05) is 0 Å². The molecule has 8 nitrogen and oxygen atoms in total. The Morgan fingerprint density at radius 3 is 2.39 bits per heavy atom. The first-order chi connectivity index (χ1) is 8.32. The Bertz CT molecular complexity index is 546. The maximum Gasteiger partial charge on any atom is 0.274 e. The van der Waals surface area contributed by atoms with E-state index in [0.29, 0.717) is 11.3 Å². The zero-order chi connectivity index (χ0) is 13.9. The Hall–Kier alpha value is -2.64. The number of benzene rings is 1. The van der Waals surface area contributed by atoms with Crippen LogP contribution in [-0.4, -0.2) is 16.8 Å². The maximum atomic E-state index is 10.8. The van der Waals surface area contributed by atoms with E-state index in [1.807, 2.05) is 0 Å². The van der Waals surface area contributed by atoms with E-state index in [1.165, 1.54) is 6.07 Å². The van der Waals surface area contributed by atoms with Gasteiger partial charge in [-0.1, -0.05) is 6.07 Å². The fourth-order valence-corrected chi connectivity index (χ4v) is 1.47. The lowest BCUT2D eigenvalue weighted by Gasteiger charge is -2.05. The average Bonchev–Trinajstić information content (AvgIpc) is 2.22. The molecule has 0 unspecified atom stereocenters. The zero-order valence-corrected chi connectivity index (χ0v) is 10.0. The molecule has 1 rings (SSSR count). The summed E-state index contributed by atoms with van der Waals surface area (Å²) >= 11 is 0. The second-order valence-corrected chi connectivity index (χ2v) is 3.64. The minimum atomic E-state index is -0.482. The van der Waals surface area contributed by atoms with Crippen LogP contribution in [0.2, 0.25) is 0 Å². The van der Waals surface area contributed by atoms with E-state index < -0.39 is 4.92 Å². The zero-order valence-electron chi connectivity index (χ0n) is 10.0. The number of nitro groups is 1. The first kappa shape index (κ1) is 13.4. The van der Waals surface area contributed by atoms with Crippen molar-refractivity contribution in [1.82, 2.24) is 0 Å². The molecule has 1 aromatic carbocycles. The van der Waals surface area contributed by atoms with E-state index in [-0.39, 0.29) is 17.6 Å². The summed E-state index contributed by atoms with van der Waals surface area (Å²) in [5.41, 5.74) is 17.3. The molecule has 1 aromatic rings. The van der Waals surface area contributed by atoms with E-state index in [0.717, 1.165) is 5.56 Å².